The van der Waals surface area contributed by atoms with Crippen LogP contribution in [0, 0.1) is 0 Å². The Kier molecular flexibility index (Phi) is 52.5. The van der Waals surface area contributed by atoms with E-state index in [9.17, 15) is 9.59 Å². The van der Waals surface area contributed by atoms with Crippen molar-refractivity contribution < 1.29 is 23.8 Å². The fourth-order valence-corrected chi connectivity index (χ4v) is 7.03. The lowest BCUT2D eigenvalue weighted by Gasteiger charge is -2.18. The molecule has 0 aromatic rings. The highest BCUT2D eigenvalue weighted by Crippen LogP contribution is 2.13. The van der Waals surface area contributed by atoms with E-state index in [1.165, 1.54) is 77.0 Å². The lowest BCUT2D eigenvalue weighted by molar-refractivity contribution is -0.162. The maximum Gasteiger partial charge on any atom is 0.306 e. The fraction of sp³-hybridized carbons (Fsp3) is 0.639. The number of carbonyl (C=O) groups is 2. The van der Waals surface area contributed by atoms with E-state index in [0.29, 0.717) is 19.4 Å². The van der Waals surface area contributed by atoms with Gasteiger partial charge in [0.25, 0.3) is 0 Å². The minimum absolute atomic E-state index is 0.0399. The average Bonchev–Trinajstić information content (AvgIpc) is 3.32. The number of hydrogen-bond donors (Lipinski definition) is 0. The molecule has 0 bridgehead atoms. The molecular formula is C61H100O5. The third kappa shape index (κ3) is 52.9. The third-order valence-corrected chi connectivity index (χ3v) is 11.0. The van der Waals surface area contributed by atoms with Crippen molar-refractivity contribution in [1.29, 1.82) is 0 Å². The molecule has 1 atom stereocenters. The standard InChI is InChI=1S/C61H100O5/c1-4-7-10-13-16-19-22-25-28-31-33-36-39-42-45-48-51-54-60(62)65-58-59(57-64-56-53-50-47-44-41-38-35-30-27-24-21-18-15-12-9-6-3)66-61(63)55-52-49-46-43-40-37-34-32-29-26-23-20-17-14-11-8-5-2/h7,9-10,12,16-21,25-30,38,41,47,50,59H,4-6,8,11,13-15,22-24,31-37,39-40,42-46,48-49,51-58H2,1-3H3/b10-7-,12-9-,19-16-,20-17-,21-18-,28-25-,29-26-,30-27-,41-38-,50-47-. The van der Waals surface area contributed by atoms with Gasteiger partial charge in [0.05, 0.1) is 13.2 Å². The van der Waals surface area contributed by atoms with E-state index in [0.717, 1.165) is 116 Å². The number of allylic oxidation sites excluding steroid dienone is 19. The van der Waals surface area contributed by atoms with Crippen molar-refractivity contribution >= 4 is 11.9 Å². The van der Waals surface area contributed by atoms with Crippen LogP contribution in [-0.2, 0) is 23.8 Å². The van der Waals surface area contributed by atoms with Gasteiger partial charge in [0.1, 0.15) is 6.61 Å². The molecule has 0 fully saturated rings. The Hall–Kier alpha value is -3.70. The summed E-state index contributed by atoms with van der Waals surface area (Å²) in [6.07, 6.45) is 78.0. The first kappa shape index (κ1) is 62.3. The number of unbranched alkanes of at least 4 members (excludes halogenated alkanes) is 17. The van der Waals surface area contributed by atoms with Gasteiger partial charge in [0.2, 0.25) is 0 Å². The van der Waals surface area contributed by atoms with E-state index in [2.05, 4.69) is 142 Å². The minimum atomic E-state index is -0.593. The molecule has 374 valence electrons. The summed E-state index contributed by atoms with van der Waals surface area (Å²) < 4.78 is 17.3. The molecule has 0 aliphatic heterocycles. The van der Waals surface area contributed by atoms with E-state index in [-0.39, 0.29) is 25.2 Å². The van der Waals surface area contributed by atoms with Crippen molar-refractivity contribution in [3.63, 3.8) is 0 Å². The van der Waals surface area contributed by atoms with Crippen LogP contribution >= 0.6 is 0 Å². The molecule has 0 aromatic heterocycles. The van der Waals surface area contributed by atoms with Crippen LogP contribution in [0.1, 0.15) is 226 Å². The second kappa shape index (κ2) is 55.6. The summed E-state index contributed by atoms with van der Waals surface area (Å²) in [5, 5.41) is 0. The minimum Gasteiger partial charge on any atom is -0.462 e. The second-order valence-electron chi connectivity index (χ2n) is 17.4. The van der Waals surface area contributed by atoms with Crippen LogP contribution in [0.15, 0.2) is 122 Å². The van der Waals surface area contributed by atoms with Crippen LogP contribution in [0.5, 0.6) is 0 Å². The molecule has 0 saturated carbocycles. The summed E-state index contributed by atoms with van der Waals surface area (Å²) >= 11 is 0. The van der Waals surface area contributed by atoms with E-state index >= 15 is 0 Å². The molecule has 66 heavy (non-hydrogen) atoms. The first-order chi connectivity index (χ1) is 32.6. The van der Waals surface area contributed by atoms with E-state index < -0.39 is 6.10 Å². The topological polar surface area (TPSA) is 61.8 Å². The predicted octanol–water partition coefficient (Wildman–Crippen LogP) is 18.6. The number of ether oxygens (including phenoxy) is 3. The molecule has 1 unspecified atom stereocenters. The van der Waals surface area contributed by atoms with Crippen LogP contribution in [0.25, 0.3) is 0 Å². The van der Waals surface area contributed by atoms with Crippen molar-refractivity contribution in [2.75, 3.05) is 19.8 Å². The molecule has 5 nitrogen and oxygen atoms in total. The SMILES string of the molecule is CC/C=C\C/C=C\C/C=C\C/C=C\C/C=C\CCOCC(COC(=O)CCCCCCCCC/C=C\C/C=C\C/C=C\CC)OC(=O)CCCCCCCCC/C=C\C/C=C\CCCCC. The summed E-state index contributed by atoms with van der Waals surface area (Å²) in [7, 11) is 0. The Morgan fingerprint density at radius 3 is 1.09 bits per heavy atom. The fourth-order valence-electron chi connectivity index (χ4n) is 7.03. The van der Waals surface area contributed by atoms with E-state index in [1.54, 1.807) is 0 Å². The van der Waals surface area contributed by atoms with Crippen molar-refractivity contribution in [1.82, 2.24) is 0 Å². The van der Waals surface area contributed by atoms with Crippen LogP contribution in [0.3, 0.4) is 0 Å². The lowest BCUT2D eigenvalue weighted by Crippen LogP contribution is -2.30. The normalized spacial score (nSPS) is 13.2. The van der Waals surface area contributed by atoms with Crippen molar-refractivity contribution in [3.8, 4) is 0 Å². The van der Waals surface area contributed by atoms with E-state index in [4.69, 9.17) is 14.2 Å². The molecule has 0 aliphatic rings. The number of esters is 2. The quantitative estimate of drug-likeness (QED) is 0.0346. The van der Waals surface area contributed by atoms with Crippen molar-refractivity contribution in [2.45, 2.75) is 232 Å². The Labute approximate surface area is 407 Å². The molecule has 5 heteroatoms. The maximum atomic E-state index is 12.8. The molecule has 0 spiro atoms. The molecule has 0 amide bonds. The van der Waals surface area contributed by atoms with Gasteiger partial charge in [-0.3, -0.25) is 9.59 Å². The van der Waals surface area contributed by atoms with Crippen molar-refractivity contribution in [2.24, 2.45) is 0 Å². The van der Waals surface area contributed by atoms with Gasteiger partial charge in [-0.1, -0.05) is 219 Å². The second-order valence-corrected chi connectivity index (χ2v) is 17.4. The molecule has 0 radical (unpaired) electrons. The summed E-state index contributed by atoms with van der Waals surface area (Å²) in [6, 6.07) is 0. The first-order valence-electron chi connectivity index (χ1n) is 27.1. The van der Waals surface area contributed by atoms with Crippen LogP contribution in [-0.4, -0.2) is 37.9 Å². The Bertz CT molecular complexity index is 1350. The Balaban J connectivity index is 4.43. The van der Waals surface area contributed by atoms with Crippen LogP contribution in [0.4, 0.5) is 0 Å². The molecule has 0 heterocycles. The smallest absolute Gasteiger partial charge is 0.306 e. The highest BCUT2D eigenvalue weighted by Gasteiger charge is 2.17. The molecule has 0 aliphatic carbocycles. The average molecular weight is 913 g/mol. The highest BCUT2D eigenvalue weighted by atomic mass is 16.6. The summed E-state index contributed by atoms with van der Waals surface area (Å²) in [6.45, 7) is 7.35. The largest absolute Gasteiger partial charge is 0.462 e. The molecule has 0 aromatic carbocycles. The predicted molar refractivity (Wildman–Crippen MR) is 288 cm³/mol. The monoisotopic (exact) mass is 913 g/mol. The van der Waals surface area contributed by atoms with Gasteiger partial charge in [-0.25, -0.2) is 0 Å². The highest BCUT2D eigenvalue weighted by molar-refractivity contribution is 5.70. The van der Waals surface area contributed by atoms with Gasteiger partial charge in [-0.05, 0) is 116 Å². The number of carbonyl (C=O) groups excluding carboxylic acids is 2. The zero-order valence-electron chi connectivity index (χ0n) is 42.9. The van der Waals surface area contributed by atoms with Crippen LogP contribution < -0.4 is 0 Å². The zero-order valence-corrected chi connectivity index (χ0v) is 42.9. The molecule has 0 rings (SSSR count). The Morgan fingerprint density at radius 2 is 0.682 bits per heavy atom. The Morgan fingerprint density at radius 1 is 0.348 bits per heavy atom. The summed E-state index contributed by atoms with van der Waals surface area (Å²) in [4.78, 5) is 25.5. The lowest BCUT2D eigenvalue weighted by atomic mass is 10.1. The van der Waals surface area contributed by atoms with Gasteiger partial charge in [-0.15, -0.1) is 0 Å². The van der Waals surface area contributed by atoms with Gasteiger partial charge < -0.3 is 14.2 Å². The maximum absolute atomic E-state index is 12.8. The van der Waals surface area contributed by atoms with Crippen LogP contribution in [0.2, 0.25) is 0 Å². The van der Waals surface area contributed by atoms with E-state index in [1.807, 2.05) is 0 Å². The number of hydrogen-bond acceptors (Lipinski definition) is 5. The molecular weight excluding hydrogens is 813 g/mol. The van der Waals surface area contributed by atoms with Gasteiger partial charge in [0, 0.05) is 12.8 Å². The van der Waals surface area contributed by atoms with Gasteiger partial charge >= 0.3 is 11.9 Å². The summed E-state index contributed by atoms with van der Waals surface area (Å²) in [5.41, 5.74) is 0. The van der Waals surface area contributed by atoms with Gasteiger partial charge in [0.15, 0.2) is 6.10 Å². The number of rotatable bonds is 48. The van der Waals surface area contributed by atoms with Gasteiger partial charge in [-0.2, -0.15) is 0 Å². The molecule has 0 saturated heterocycles. The third-order valence-electron chi connectivity index (χ3n) is 11.0. The first-order valence-corrected chi connectivity index (χ1v) is 27.1. The summed E-state index contributed by atoms with van der Waals surface area (Å²) in [5.74, 6) is -0.463. The molecule has 0 N–H and O–H groups in total. The zero-order chi connectivity index (χ0) is 47.7. The van der Waals surface area contributed by atoms with Crippen molar-refractivity contribution in [3.05, 3.63) is 122 Å².